The fraction of sp³-hybridized carbons (Fsp3) is 0.500. The third kappa shape index (κ3) is 2.58. The summed E-state index contributed by atoms with van der Waals surface area (Å²) in [6.07, 6.45) is 1.17. The molecule has 0 aliphatic carbocycles. The van der Waals surface area contributed by atoms with Crippen LogP contribution in [0.5, 0.6) is 0 Å². The summed E-state index contributed by atoms with van der Waals surface area (Å²) in [5, 5.41) is 0. The molecule has 98 valence electrons. The molecule has 1 aliphatic rings. The number of esters is 1. The van der Waals surface area contributed by atoms with Crippen LogP contribution in [0.25, 0.3) is 0 Å². The lowest BCUT2D eigenvalue weighted by molar-refractivity contribution is 0.0526. The zero-order valence-electron chi connectivity index (χ0n) is 11.0. The molecule has 1 fully saturated rings. The molecule has 18 heavy (non-hydrogen) atoms. The van der Waals surface area contributed by atoms with Gasteiger partial charge >= 0.3 is 5.97 Å². The molecule has 1 aromatic carbocycles. The maximum Gasteiger partial charge on any atom is 0.338 e. The molecule has 2 rings (SSSR count). The van der Waals surface area contributed by atoms with Crippen LogP contribution in [0.2, 0.25) is 0 Å². The van der Waals surface area contributed by atoms with Crippen LogP contribution >= 0.6 is 0 Å². The van der Waals surface area contributed by atoms with Gasteiger partial charge in [0.1, 0.15) is 0 Å². The summed E-state index contributed by atoms with van der Waals surface area (Å²) in [4.78, 5) is 13.9. The molecule has 0 spiro atoms. The van der Waals surface area contributed by atoms with Crippen molar-refractivity contribution in [3.63, 3.8) is 0 Å². The number of rotatable bonds is 3. The van der Waals surface area contributed by atoms with Crippen molar-refractivity contribution in [3.05, 3.63) is 23.8 Å². The van der Waals surface area contributed by atoms with Crippen LogP contribution in [0, 0.1) is 5.92 Å². The van der Waals surface area contributed by atoms with Crippen molar-refractivity contribution in [1.29, 1.82) is 0 Å². The Morgan fingerprint density at radius 3 is 2.94 bits per heavy atom. The van der Waals surface area contributed by atoms with Gasteiger partial charge in [-0.2, -0.15) is 0 Å². The molecule has 1 aliphatic heterocycles. The standard InChI is InChI=1S/C14H20N2O2/c1-3-18-14(17)11-4-5-12(15)13(8-11)16-7-6-10(2)9-16/h4-5,8,10H,3,6-7,9,15H2,1-2H3. The molecule has 1 saturated heterocycles. The van der Waals surface area contributed by atoms with E-state index in [2.05, 4.69) is 11.8 Å². The molecule has 1 atom stereocenters. The van der Waals surface area contributed by atoms with Gasteiger partial charge in [0.15, 0.2) is 0 Å². The molecule has 0 bridgehead atoms. The Labute approximate surface area is 108 Å². The summed E-state index contributed by atoms with van der Waals surface area (Å²) in [7, 11) is 0. The van der Waals surface area contributed by atoms with E-state index in [1.54, 1.807) is 19.1 Å². The molecule has 1 unspecified atom stereocenters. The van der Waals surface area contributed by atoms with Crippen LogP contribution in [-0.4, -0.2) is 25.7 Å². The molecule has 1 aromatic rings. The summed E-state index contributed by atoms with van der Waals surface area (Å²) in [6.45, 7) is 6.41. The lowest BCUT2D eigenvalue weighted by atomic mass is 10.1. The average molecular weight is 248 g/mol. The second-order valence-corrected chi connectivity index (χ2v) is 4.83. The predicted molar refractivity (Wildman–Crippen MR) is 72.8 cm³/mol. The van der Waals surface area contributed by atoms with E-state index in [0.29, 0.717) is 18.1 Å². The lowest BCUT2D eigenvalue weighted by Crippen LogP contribution is -2.21. The van der Waals surface area contributed by atoms with Gasteiger partial charge in [0, 0.05) is 13.1 Å². The number of benzene rings is 1. The van der Waals surface area contributed by atoms with Gasteiger partial charge in [-0.25, -0.2) is 4.79 Å². The molecule has 0 aromatic heterocycles. The zero-order valence-corrected chi connectivity index (χ0v) is 11.0. The molecular formula is C14H20N2O2. The predicted octanol–water partition coefficient (Wildman–Crippen LogP) is 2.29. The van der Waals surface area contributed by atoms with Gasteiger partial charge in [0.2, 0.25) is 0 Å². The van der Waals surface area contributed by atoms with Crippen LogP contribution in [0.1, 0.15) is 30.6 Å². The summed E-state index contributed by atoms with van der Waals surface area (Å²) >= 11 is 0. The minimum atomic E-state index is -0.286. The van der Waals surface area contributed by atoms with Gasteiger partial charge in [0.05, 0.1) is 23.5 Å². The highest BCUT2D eigenvalue weighted by Gasteiger charge is 2.21. The molecule has 4 nitrogen and oxygen atoms in total. The Kier molecular flexibility index (Phi) is 3.75. The first kappa shape index (κ1) is 12.7. The highest BCUT2D eigenvalue weighted by Crippen LogP contribution is 2.29. The number of nitrogens with two attached hydrogens (primary N) is 1. The highest BCUT2D eigenvalue weighted by atomic mass is 16.5. The fourth-order valence-corrected chi connectivity index (χ4v) is 2.31. The second kappa shape index (κ2) is 5.29. The van der Waals surface area contributed by atoms with E-state index in [9.17, 15) is 4.79 Å². The SMILES string of the molecule is CCOC(=O)c1ccc(N)c(N2CCC(C)C2)c1. The van der Waals surface area contributed by atoms with Crippen LogP contribution in [0.15, 0.2) is 18.2 Å². The van der Waals surface area contributed by atoms with Crippen molar-refractivity contribution >= 4 is 17.3 Å². The number of anilines is 2. The van der Waals surface area contributed by atoms with E-state index in [0.717, 1.165) is 24.5 Å². The normalized spacial score (nSPS) is 19.0. The third-order valence-electron chi connectivity index (χ3n) is 3.31. The van der Waals surface area contributed by atoms with Crippen molar-refractivity contribution in [2.75, 3.05) is 30.3 Å². The van der Waals surface area contributed by atoms with Gasteiger partial charge in [-0.05, 0) is 37.5 Å². The summed E-state index contributed by atoms with van der Waals surface area (Å²) < 4.78 is 5.01. The van der Waals surface area contributed by atoms with E-state index < -0.39 is 0 Å². The second-order valence-electron chi connectivity index (χ2n) is 4.83. The first-order valence-corrected chi connectivity index (χ1v) is 6.43. The maximum atomic E-state index is 11.7. The molecule has 4 heteroatoms. The van der Waals surface area contributed by atoms with Crippen molar-refractivity contribution < 1.29 is 9.53 Å². The first-order valence-electron chi connectivity index (χ1n) is 6.43. The molecule has 0 saturated carbocycles. The lowest BCUT2D eigenvalue weighted by Gasteiger charge is -2.20. The largest absolute Gasteiger partial charge is 0.462 e. The fourth-order valence-electron chi connectivity index (χ4n) is 2.31. The quantitative estimate of drug-likeness (QED) is 0.658. The van der Waals surface area contributed by atoms with Gasteiger partial charge in [-0.1, -0.05) is 6.92 Å². The van der Waals surface area contributed by atoms with Gasteiger partial charge in [0.25, 0.3) is 0 Å². The Balaban J connectivity index is 2.24. The van der Waals surface area contributed by atoms with E-state index >= 15 is 0 Å². The molecule has 1 heterocycles. The van der Waals surface area contributed by atoms with Crippen molar-refractivity contribution in [2.24, 2.45) is 5.92 Å². The number of hydrogen-bond donors (Lipinski definition) is 1. The molecule has 0 radical (unpaired) electrons. The summed E-state index contributed by atoms with van der Waals surface area (Å²) in [5.74, 6) is 0.390. The smallest absolute Gasteiger partial charge is 0.338 e. The Morgan fingerprint density at radius 1 is 1.56 bits per heavy atom. The monoisotopic (exact) mass is 248 g/mol. The van der Waals surface area contributed by atoms with E-state index in [4.69, 9.17) is 10.5 Å². The highest BCUT2D eigenvalue weighted by molar-refractivity contribution is 5.92. The average Bonchev–Trinajstić information content (AvgIpc) is 2.76. The summed E-state index contributed by atoms with van der Waals surface area (Å²) in [6, 6.07) is 5.34. The number of carbonyl (C=O) groups is 1. The van der Waals surface area contributed by atoms with Gasteiger partial charge in [-0.15, -0.1) is 0 Å². The molecular weight excluding hydrogens is 228 g/mol. The van der Waals surface area contributed by atoms with Crippen molar-refractivity contribution in [3.8, 4) is 0 Å². The molecule has 2 N–H and O–H groups in total. The topological polar surface area (TPSA) is 55.6 Å². The number of ether oxygens (including phenoxy) is 1. The Hall–Kier alpha value is -1.71. The minimum Gasteiger partial charge on any atom is -0.462 e. The number of carbonyl (C=O) groups excluding carboxylic acids is 1. The number of nitrogens with zero attached hydrogens (tertiary/aromatic N) is 1. The number of nitrogen functional groups attached to an aromatic ring is 1. The minimum absolute atomic E-state index is 0.286. The van der Waals surface area contributed by atoms with Crippen LogP contribution in [0.3, 0.4) is 0 Å². The Bertz CT molecular complexity index is 445. The third-order valence-corrected chi connectivity index (χ3v) is 3.31. The van der Waals surface area contributed by atoms with Crippen molar-refractivity contribution in [1.82, 2.24) is 0 Å². The molecule has 0 amide bonds. The van der Waals surface area contributed by atoms with Crippen LogP contribution < -0.4 is 10.6 Å². The summed E-state index contributed by atoms with van der Waals surface area (Å²) in [5.41, 5.74) is 8.23. The van der Waals surface area contributed by atoms with Crippen LogP contribution in [-0.2, 0) is 4.74 Å². The van der Waals surface area contributed by atoms with E-state index in [-0.39, 0.29) is 5.97 Å². The van der Waals surface area contributed by atoms with Gasteiger partial charge < -0.3 is 15.4 Å². The van der Waals surface area contributed by atoms with Crippen molar-refractivity contribution in [2.45, 2.75) is 20.3 Å². The van der Waals surface area contributed by atoms with Crippen LogP contribution in [0.4, 0.5) is 11.4 Å². The first-order chi connectivity index (χ1) is 8.61. The van der Waals surface area contributed by atoms with E-state index in [1.165, 1.54) is 6.42 Å². The van der Waals surface area contributed by atoms with Gasteiger partial charge in [-0.3, -0.25) is 0 Å². The van der Waals surface area contributed by atoms with E-state index in [1.807, 2.05) is 6.07 Å². The number of hydrogen-bond acceptors (Lipinski definition) is 4. The zero-order chi connectivity index (χ0) is 13.1. The maximum absolute atomic E-state index is 11.7. The Morgan fingerprint density at radius 2 is 2.33 bits per heavy atom.